The van der Waals surface area contributed by atoms with Crippen molar-refractivity contribution in [3.63, 3.8) is 0 Å². The van der Waals surface area contributed by atoms with Crippen LogP contribution in [0.3, 0.4) is 0 Å². The number of carbonyl (C=O) groups excluding carboxylic acids is 1. The molecule has 7 heteroatoms. The van der Waals surface area contributed by atoms with Crippen LogP contribution in [-0.2, 0) is 15.4 Å². The van der Waals surface area contributed by atoms with Crippen LogP contribution in [0.5, 0.6) is 0 Å². The molecule has 0 aliphatic rings. The van der Waals surface area contributed by atoms with Gasteiger partial charge in [0.1, 0.15) is 6.21 Å². The quantitative estimate of drug-likeness (QED) is 0.130. The lowest BCUT2D eigenvalue weighted by Crippen LogP contribution is -2.40. The molecular formula is C34H29N3O4. The van der Waals surface area contributed by atoms with E-state index < -0.39 is 23.5 Å². The number of hydrogen-bond acceptors (Lipinski definition) is 5. The summed E-state index contributed by atoms with van der Waals surface area (Å²) >= 11 is 0. The Labute approximate surface area is 237 Å². The van der Waals surface area contributed by atoms with Crippen molar-refractivity contribution in [1.82, 2.24) is 4.98 Å². The molecule has 0 aliphatic carbocycles. The van der Waals surface area contributed by atoms with E-state index in [1.165, 1.54) is 12.3 Å². The number of primary amides is 1. The molecule has 0 fully saturated rings. The van der Waals surface area contributed by atoms with Crippen LogP contribution in [0.25, 0.3) is 0 Å². The van der Waals surface area contributed by atoms with Crippen LogP contribution in [0.2, 0.25) is 0 Å². The molecule has 1 aromatic heterocycles. The molecule has 5 aromatic rings. The lowest BCUT2D eigenvalue weighted by atomic mass is 9.77. The van der Waals surface area contributed by atoms with Gasteiger partial charge in [0, 0.05) is 23.7 Å². The molecule has 0 spiro atoms. The molecule has 4 N–H and O–H groups in total. The molecule has 1 atom stereocenters. The van der Waals surface area contributed by atoms with Gasteiger partial charge < -0.3 is 20.7 Å². The Morgan fingerprint density at radius 1 is 0.756 bits per heavy atom. The highest BCUT2D eigenvalue weighted by atomic mass is 16.7. The Bertz CT molecular complexity index is 1590. The predicted molar refractivity (Wildman–Crippen MR) is 158 cm³/mol. The van der Waals surface area contributed by atoms with Gasteiger partial charge in [0.05, 0.1) is 11.6 Å². The second-order valence-electron chi connectivity index (χ2n) is 9.56. The summed E-state index contributed by atoms with van der Waals surface area (Å²) in [6, 6.07) is 39.1. The Hall–Kier alpha value is -5.27. The summed E-state index contributed by atoms with van der Waals surface area (Å²) in [7, 11) is 0. The first-order valence-electron chi connectivity index (χ1n) is 13.1. The zero-order chi connectivity index (χ0) is 28.7. The summed E-state index contributed by atoms with van der Waals surface area (Å²) in [5, 5.41) is 16.5. The number of benzene rings is 4. The maximum atomic E-state index is 13.9. The van der Waals surface area contributed by atoms with E-state index >= 15 is 0 Å². The minimum atomic E-state index is -2.29. The first-order chi connectivity index (χ1) is 20.0. The van der Waals surface area contributed by atoms with Crippen LogP contribution in [0.4, 0.5) is 0 Å². The lowest BCUT2D eigenvalue weighted by Gasteiger charge is -2.36. The van der Waals surface area contributed by atoms with E-state index in [2.05, 4.69) is 10.1 Å². The highest BCUT2D eigenvalue weighted by Crippen LogP contribution is 2.45. The molecule has 0 aliphatic heterocycles. The van der Waals surface area contributed by atoms with Crippen molar-refractivity contribution in [2.45, 2.75) is 17.6 Å². The molecule has 41 heavy (non-hydrogen) atoms. The second-order valence-corrected chi connectivity index (χ2v) is 9.56. The summed E-state index contributed by atoms with van der Waals surface area (Å²) in [6.07, 6.45) is 2.25. The van der Waals surface area contributed by atoms with E-state index in [1.807, 2.05) is 121 Å². The van der Waals surface area contributed by atoms with Gasteiger partial charge in [-0.1, -0.05) is 126 Å². The van der Waals surface area contributed by atoms with E-state index in [-0.39, 0.29) is 16.7 Å². The van der Waals surface area contributed by atoms with Gasteiger partial charge in [0.25, 0.3) is 11.7 Å². The molecule has 0 radical (unpaired) electrons. The molecule has 1 amide bonds. The Balaban J connectivity index is 1.83. The molecule has 7 nitrogen and oxygen atoms in total. The van der Waals surface area contributed by atoms with Crippen LogP contribution >= 0.6 is 0 Å². The van der Waals surface area contributed by atoms with Gasteiger partial charge in [-0.15, -0.1) is 0 Å². The number of H-pyrrole nitrogens is 1. The highest BCUT2D eigenvalue weighted by molar-refractivity contribution is 6.25. The number of aromatic nitrogens is 1. The Morgan fingerprint density at radius 2 is 1.20 bits per heavy atom. The highest BCUT2D eigenvalue weighted by Gasteiger charge is 2.47. The zero-order valence-corrected chi connectivity index (χ0v) is 22.1. The van der Waals surface area contributed by atoms with Gasteiger partial charge in [-0.2, -0.15) is 0 Å². The molecule has 0 saturated heterocycles. The van der Waals surface area contributed by atoms with Gasteiger partial charge in [0.2, 0.25) is 0 Å². The molecule has 5 rings (SSSR count). The topological polar surface area (TPSA) is 118 Å². The average Bonchev–Trinajstić information content (AvgIpc) is 3.00. The number of nitrogens with one attached hydrogen (secondary N) is 1. The molecule has 1 unspecified atom stereocenters. The predicted octanol–water partition coefficient (Wildman–Crippen LogP) is 5.02. The van der Waals surface area contributed by atoms with E-state index in [1.54, 1.807) is 0 Å². The SMILES string of the molecule is NC(=O)/C=N\OC(O)(c1[nH]ccc(=O)c1C(c1ccccc1)c1ccccc1)C(c1ccccc1)c1ccccc1. The average molecular weight is 544 g/mol. The first kappa shape index (κ1) is 27.3. The third-order valence-electron chi connectivity index (χ3n) is 6.94. The number of aliphatic hydroxyl groups is 1. The normalized spacial score (nSPS) is 12.9. The van der Waals surface area contributed by atoms with Crippen LogP contribution in [0.15, 0.2) is 144 Å². The van der Waals surface area contributed by atoms with Crippen molar-refractivity contribution in [3.05, 3.63) is 177 Å². The number of hydrogen-bond donors (Lipinski definition) is 3. The van der Waals surface area contributed by atoms with Gasteiger partial charge in [-0.25, -0.2) is 0 Å². The Kier molecular flexibility index (Phi) is 8.18. The minimum Gasteiger partial charge on any atom is -0.365 e. The fraction of sp³-hybridized carbons (Fsp3) is 0.0882. The number of carbonyl (C=O) groups is 1. The smallest absolute Gasteiger partial charge is 0.286 e. The lowest BCUT2D eigenvalue weighted by molar-refractivity contribution is -0.225. The van der Waals surface area contributed by atoms with E-state index in [4.69, 9.17) is 10.6 Å². The van der Waals surface area contributed by atoms with Crippen LogP contribution < -0.4 is 11.2 Å². The fourth-order valence-electron chi connectivity index (χ4n) is 5.23. The van der Waals surface area contributed by atoms with Gasteiger partial charge in [0.15, 0.2) is 5.43 Å². The standard InChI is InChI=1S/C34H29N3O4/c35-29(39)23-37-41-34(40,32(26-17-9-3-10-18-26)27-19-11-4-12-20-27)33-31(28(38)21-22-36-33)30(24-13-5-1-6-14-24)25-15-7-2-8-16-25/h1-23,30,32,40H,(H2,35,39)(H,36,38)/b37-23-. The minimum absolute atomic E-state index is 0.0991. The van der Waals surface area contributed by atoms with E-state index in [0.717, 1.165) is 17.3 Å². The molecule has 0 bridgehead atoms. The summed E-state index contributed by atoms with van der Waals surface area (Å²) < 4.78 is 0. The van der Waals surface area contributed by atoms with Crippen molar-refractivity contribution >= 4 is 12.1 Å². The molecular weight excluding hydrogens is 514 g/mol. The summed E-state index contributed by atoms with van der Waals surface area (Å²) in [4.78, 5) is 34.4. The van der Waals surface area contributed by atoms with Crippen molar-refractivity contribution in [2.24, 2.45) is 10.9 Å². The van der Waals surface area contributed by atoms with Crippen molar-refractivity contribution in [1.29, 1.82) is 0 Å². The summed E-state index contributed by atoms with van der Waals surface area (Å²) in [5.41, 5.74) is 8.45. The van der Waals surface area contributed by atoms with Crippen LogP contribution in [0.1, 0.15) is 45.3 Å². The first-order valence-corrected chi connectivity index (χ1v) is 13.1. The Morgan fingerprint density at radius 3 is 1.63 bits per heavy atom. The fourth-order valence-corrected chi connectivity index (χ4v) is 5.23. The summed E-state index contributed by atoms with van der Waals surface area (Å²) in [5.74, 6) is -4.58. The van der Waals surface area contributed by atoms with Crippen LogP contribution in [-0.4, -0.2) is 22.2 Å². The number of aromatic amines is 1. The van der Waals surface area contributed by atoms with Crippen molar-refractivity contribution in [3.8, 4) is 0 Å². The molecule has 4 aromatic carbocycles. The van der Waals surface area contributed by atoms with Crippen molar-refractivity contribution < 1.29 is 14.7 Å². The maximum absolute atomic E-state index is 13.9. The number of nitrogens with zero attached hydrogens (tertiary/aromatic N) is 1. The maximum Gasteiger partial charge on any atom is 0.286 e. The monoisotopic (exact) mass is 543 g/mol. The molecule has 1 heterocycles. The van der Waals surface area contributed by atoms with E-state index in [0.29, 0.717) is 11.1 Å². The van der Waals surface area contributed by atoms with E-state index in [9.17, 15) is 14.7 Å². The third-order valence-corrected chi connectivity index (χ3v) is 6.94. The number of nitrogens with two attached hydrogens (primary N) is 1. The van der Waals surface area contributed by atoms with Gasteiger partial charge in [-0.3, -0.25) is 9.59 Å². The number of pyridine rings is 1. The molecule has 204 valence electrons. The largest absolute Gasteiger partial charge is 0.365 e. The van der Waals surface area contributed by atoms with Crippen molar-refractivity contribution in [2.75, 3.05) is 0 Å². The van der Waals surface area contributed by atoms with Gasteiger partial charge >= 0.3 is 0 Å². The summed E-state index contributed by atoms with van der Waals surface area (Å²) in [6.45, 7) is 0. The number of amides is 1. The van der Waals surface area contributed by atoms with Crippen LogP contribution in [0, 0.1) is 0 Å². The molecule has 0 saturated carbocycles. The number of oxime groups is 1. The van der Waals surface area contributed by atoms with Gasteiger partial charge in [-0.05, 0) is 22.3 Å². The third kappa shape index (κ3) is 5.85. The second kappa shape index (κ2) is 12.3. The zero-order valence-electron chi connectivity index (χ0n) is 22.1. The number of rotatable bonds is 10.